The zero-order valence-electron chi connectivity index (χ0n) is 14.9. The summed E-state index contributed by atoms with van der Waals surface area (Å²) in [4.78, 5) is 22.0. The molecule has 2 heterocycles. The summed E-state index contributed by atoms with van der Waals surface area (Å²) in [6.07, 6.45) is 1.72. The maximum absolute atomic E-state index is 12.2. The quantitative estimate of drug-likeness (QED) is 0.454. The maximum atomic E-state index is 12.2. The number of nitrogens with one attached hydrogen (secondary N) is 2. The molecule has 0 saturated carbocycles. The van der Waals surface area contributed by atoms with Gasteiger partial charge < -0.3 is 10.1 Å². The minimum atomic E-state index is -0.182. The molecule has 6 nitrogen and oxygen atoms in total. The Morgan fingerprint density at radius 2 is 1.82 bits per heavy atom. The largest absolute Gasteiger partial charge is 0.495 e. The monoisotopic (exact) mass is 408 g/mol. The second-order valence-corrected chi connectivity index (χ2v) is 7.60. The first-order valence-electron chi connectivity index (χ1n) is 8.41. The molecule has 28 heavy (non-hydrogen) atoms. The molecule has 0 fully saturated rings. The molecule has 8 heteroatoms. The van der Waals surface area contributed by atoms with Crippen molar-refractivity contribution < 1.29 is 9.53 Å². The van der Waals surface area contributed by atoms with E-state index in [1.54, 1.807) is 25.4 Å². The van der Waals surface area contributed by atoms with Crippen molar-refractivity contribution in [2.75, 3.05) is 17.7 Å². The zero-order valence-corrected chi connectivity index (χ0v) is 16.5. The highest BCUT2D eigenvalue weighted by Gasteiger charge is 2.12. The fraction of sp³-hybridized carbons (Fsp3) is 0.0500. The second kappa shape index (κ2) is 8.20. The van der Waals surface area contributed by atoms with E-state index in [4.69, 9.17) is 4.74 Å². The van der Waals surface area contributed by atoms with Crippen molar-refractivity contribution in [2.45, 2.75) is 0 Å². The van der Waals surface area contributed by atoms with E-state index in [-0.39, 0.29) is 5.91 Å². The van der Waals surface area contributed by atoms with E-state index in [0.29, 0.717) is 10.7 Å². The van der Waals surface area contributed by atoms with Gasteiger partial charge in [-0.15, -0.1) is 11.3 Å². The van der Waals surface area contributed by atoms with Gasteiger partial charge in [0.05, 0.1) is 23.4 Å². The van der Waals surface area contributed by atoms with Crippen LogP contribution in [0.15, 0.2) is 66.2 Å². The van der Waals surface area contributed by atoms with Crippen molar-refractivity contribution in [2.24, 2.45) is 0 Å². The highest BCUT2D eigenvalue weighted by molar-refractivity contribution is 7.19. The van der Waals surface area contributed by atoms with Gasteiger partial charge in [-0.25, -0.2) is 9.97 Å². The first-order valence-corrected chi connectivity index (χ1v) is 10.1. The van der Waals surface area contributed by atoms with Crippen LogP contribution in [0.3, 0.4) is 0 Å². The topological polar surface area (TPSA) is 76.1 Å². The Balaban J connectivity index is 1.47. The van der Waals surface area contributed by atoms with Gasteiger partial charge >= 0.3 is 0 Å². The van der Waals surface area contributed by atoms with Crippen molar-refractivity contribution in [1.82, 2.24) is 9.97 Å². The summed E-state index contributed by atoms with van der Waals surface area (Å²) in [6, 6.07) is 16.7. The van der Waals surface area contributed by atoms with Crippen molar-refractivity contribution in [1.29, 1.82) is 0 Å². The van der Waals surface area contributed by atoms with Crippen LogP contribution in [-0.2, 0) is 0 Å². The SMILES string of the molecule is COc1ccccc1Nc1nc(-c2cnc(NC(=O)c3ccccc3)s2)cs1. The number of para-hydroxylation sites is 2. The molecule has 0 atom stereocenters. The van der Waals surface area contributed by atoms with Crippen LogP contribution in [0, 0.1) is 0 Å². The molecule has 4 aromatic rings. The summed E-state index contributed by atoms with van der Waals surface area (Å²) in [5.74, 6) is 0.571. The molecule has 0 spiro atoms. The summed E-state index contributed by atoms with van der Waals surface area (Å²) >= 11 is 2.88. The number of rotatable bonds is 6. The van der Waals surface area contributed by atoms with E-state index in [1.165, 1.54) is 22.7 Å². The second-order valence-electron chi connectivity index (χ2n) is 5.71. The standard InChI is InChI=1S/C20H16N4O2S2/c1-26-16-10-6-5-9-14(16)22-20-23-15(12-27-20)17-11-21-19(28-17)24-18(25)13-7-3-2-4-8-13/h2-12H,1H3,(H,22,23)(H,21,24,25). The summed E-state index contributed by atoms with van der Waals surface area (Å²) < 4.78 is 5.35. The van der Waals surface area contributed by atoms with Gasteiger partial charge in [0.1, 0.15) is 5.75 Å². The molecule has 140 valence electrons. The average Bonchev–Trinajstić information content (AvgIpc) is 3.38. The summed E-state index contributed by atoms with van der Waals surface area (Å²) in [7, 11) is 1.64. The van der Waals surface area contributed by atoms with Crippen molar-refractivity contribution in [3.8, 4) is 16.3 Å². The van der Waals surface area contributed by atoms with E-state index in [1.807, 2.05) is 47.8 Å². The molecule has 0 bridgehead atoms. The number of nitrogens with zero attached hydrogens (tertiary/aromatic N) is 2. The van der Waals surface area contributed by atoms with Gasteiger partial charge in [0.25, 0.3) is 5.91 Å². The van der Waals surface area contributed by atoms with E-state index in [0.717, 1.165) is 27.1 Å². The molecular weight excluding hydrogens is 392 g/mol. The third kappa shape index (κ3) is 4.03. The van der Waals surface area contributed by atoms with Crippen LogP contribution < -0.4 is 15.4 Å². The summed E-state index contributed by atoms with van der Waals surface area (Å²) in [5, 5.41) is 9.34. The van der Waals surface area contributed by atoms with Gasteiger partial charge in [0.2, 0.25) is 0 Å². The lowest BCUT2D eigenvalue weighted by molar-refractivity contribution is 0.102. The number of hydrogen-bond acceptors (Lipinski definition) is 7. The van der Waals surface area contributed by atoms with Crippen LogP contribution in [0.2, 0.25) is 0 Å². The van der Waals surface area contributed by atoms with Crippen molar-refractivity contribution in [3.63, 3.8) is 0 Å². The van der Waals surface area contributed by atoms with E-state index >= 15 is 0 Å². The summed E-state index contributed by atoms with van der Waals surface area (Å²) in [5.41, 5.74) is 2.25. The van der Waals surface area contributed by atoms with Crippen LogP contribution in [0.25, 0.3) is 10.6 Å². The lowest BCUT2D eigenvalue weighted by Crippen LogP contribution is -2.11. The number of hydrogen-bond donors (Lipinski definition) is 2. The van der Waals surface area contributed by atoms with Gasteiger partial charge in [0, 0.05) is 17.1 Å². The minimum Gasteiger partial charge on any atom is -0.495 e. The van der Waals surface area contributed by atoms with Gasteiger partial charge in [-0.3, -0.25) is 10.1 Å². The lowest BCUT2D eigenvalue weighted by atomic mass is 10.2. The van der Waals surface area contributed by atoms with E-state index < -0.39 is 0 Å². The van der Waals surface area contributed by atoms with Crippen LogP contribution in [0.4, 0.5) is 16.0 Å². The van der Waals surface area contributed by atoms with Gasteiger partial charge in [-0.1, -0.05) is 41.7 Å². The number of anilines is 3. The Bertz CT molecular complexity index is 1090. The van der Waals surface area contributed by atoms with Crippen molar-refractivity contribution in [3.05, 3.63) is 71.7 Å². The number of benzene rings is 2. The summed E-state index contributed by atoms with van der Waals surface area (Å²) in [6.45, 7) is 0. The number of amides is 1. The lowest BCUT2D eigenvalue weighted by Gasteiger charge is -2.07. The zero-order chi connectivity index (χ0) is 19.3. The first kappa shape index (κ1) is 18.1. The normalized spacial score (nSPS) is 10.5. The third-order valence-corrected chi connectivity index (χ3v) is 5.56. The number of carbonyl (C=O) groups excluding carboxylic acids is 1. The molecule has 0 aliphatic carbocycles. The van der Waals surface area contributed by atoms with Crippen LogP contribution >= 0.6 is 22.7 Å². The molecule has 0 aliphatic heterocycles. The Hall–Kier alpha value is -3.23. The molecule has 2 aromatic carbocycles. The Morgan fingerprint density at radius 3 is 2.64 bits per heavy atom. The molecular formula is C20H16N4O2S2. The maximum Gasteiger partial charge on any atom is 0.257 e. The van der Waals surface area contributed by atoms with Gasteiger partial charge in [-0.05, 0) is 24.3 Å². The van der Waals surface area contributed by atoms with E-state index in [9.17, 15) is 4.79 Å². The fourth-order valence-corrected chi connectivity index (χ4v) is 4.09. The minimum absolute atomic E-state index is 0.182. The smallest absolute Gasteiger partial charge is 0.257 e. The van der Waals surface area contributed by atoms with Gasteiger partial charge in [0.15, 0.2) is 10.3 Å². The van der Waals surface area contributed by atoms with E-state index in [2.05, 4.69) is 20.6 Å². The number of carbonyl (C=O) groups is 1. The molecule has 1 amide bonds. The fourth-order valence-electron chi connectivity index (χ4n) is 2.52. The van der Waals surface area contributed by atoms with Crippen LogP contribution in [0.1, 0.15) is 10.4 Å². The molecule has 0 radical (unpaired) electrons. The number of ether oxygens (including phenoxy) is 1. The van der Waals surface area contributed by atoms with Crippen LogP contribution in [-0.4, -0.2) is 23.0 Å². The Morgan fingerprint density at radius 1 is 1.04 bits per heavy atom. The third-order valence-electron chi connectivity index (χ3n) is 3.87. The van der Waals surface area contributed by atoms with Crippen LogP contribution in [0.5, 0.6) is 5.75 Å². The number of methoxy groups -OCH3 is 1. The molecule has 4 rings (SSSR count). The molecule has 2 aromatic heterocycles. The number of aromatic nitrogens is 2. The molecule has 2 N–H and O–H groups in total. The highest BCUT2D eigenvalue weighted by Crippen LogP contribution is 2.34. The first-order chi connectivity index (χ1) is 13.7. The predicted octanol–water partition coefficient (Wildman–Crippen LogP) is 5.27. The highest BCUT2D eigenvalue weighted by atomic mass is 32.1. The molecule has 0 saturated heterocycles. The Labute approximate surface area is 169 Å². The van der Waals surface area contributed by atoms with Crippen molar-refractivity contribution >= 4 is 44.5 Å². The number of thiazole rings is 2. The molecule has 0 aliphatic rings. The average molecular weight is 409 g/mol. The molecule has 0 unspecified atom stereocenters. The predicted molar refractivity (Wildman–Crippen MR) is 114 cm³/mol. The Kier molecular flexibility index (Phi) is 5.31. The van der Waals surface area contributed by atoms with Gasteiger partial charge in [-0.2, -0.15) is 0 Å².